The highest BCUT2D eigenvalue weighted by molar-refractivity contribution is 7.92. The van der Waals surface area contributed by atoms with Gasteiger partial charge in [-0.25, -0.2) is 13.4 Å². The van der Waals surface area contributed by atoms with Gasteiger partial charge in [-0.3, -0.25) is 9.52 Å². The van der Waals surface area contributed by atoms with Crippen LogP contribution in [0.2, 0.25) is 0 Å². The van der Waals surface area contributed by atoms with E-state index in [4.69, 9.17) is 9.52 Å². The van der Waals surface area contributed by atoms with Gasteiger partial charge in [0.15, 0.2) is 0 Å². The maximum Gasteiger partial charge on any atom is 0.266 e. The van der Waals surface area contributed by atoms with Crippen molar-refractivity contribution in [2.45, 2.75) is 64.2 Å². The summed E-state index contributed by atoms with van der Waals surface area (Å²) in [6, 6.07) is 2.89. The molecule has 0 heterocycles. The number of nitrogens with one attached hydrogen (secondary N) is 2. The van der Waals surface area contributed by atoms with Crippen molar-refractivity contribution in [1.29, 1.82) is 4.78 Å². The third-order valence-electron chi connectivity index (χ3n) is 5.36. The first-order valence-electron chi connectivity index (χ1n) is 9.99. The third-order valence-corrected chi connectivity index (χ3v) is 7.26. The Bertz CT molecular complexity index is 955. The van der Waals surface area contributed by atoms with Crippen LogP contribution in [0.15, 0.2) is 35.4 Å². The maximum absolute atomic E-state index is 14.6. The van der Waals surface area contributed by atoms with Crippen molar-refractivity contribution in [3.63, 3.8) is 0 Å². The molecule has 2 saturated carbocycles. The lowest BCUT2D eigenvalue weighted by Crippen LogP contribution is -2.33. The van der Waals surface area contributed by atoms with Crippen LogP contribution in [0.4, 0.5) is 4.39 Å². The standard InChI is InChI=1S/C22H29FN2O3S/c1-14(2)15(3)5-4-10-28-13-17-11-21(23)20(12-19(17)16-6-7-16)22(26)25-29(24,27)18-8-9-18/h4-5,11-12,16,18H,6-10,13H2,1-3H3,(H2,24,25,26,27)/b5-4-. The fraction of sp³-hybridized carbons (Fsp3) is 0.500. The Kier molecular flexibility index (Phi) is 6.58. The van der Waals surface area contributed by atoms with Crippen LogP contribution < -0.4 is 4.72 Å². The fourth-order valence-electron chi connectivity index (χ4n) is 3.01. The molecule has 158 valence electrons. The van der Waals surface area contributed by atoms with E-state index in [0.29, 0.717) is 25.4 Å². The van der Waals surface area contributed by atoms with E-state index in [1.165, 1.54) is 17.2 Å². The molecule has 1 aromatic rings. The van der Waals surface area contributed by atoms with E-state index >= 15 is 0 Å². The molecule has 0 spiro atoms. The molecule has 2 N–H and O–H groups in total. The predicted molar refractivity (Wildman–Crippen MR) is 113 cm³/mol. The molecule has 1 aromatic carbocycles. The number of amides is 1. The SMILES string of the molecule is CC(C)=C(C)/C=C\COCc1cc(F)c(C(=O)NS(=N)(=O)C2CC2)cc1C1CC1. The van der Waals surface area contributed by atoms with E-state index in [9.17, 15) is 13.4 Å². The minimum atomic E-state index is -3.21. The molecule has 1 atom stereocenters. The second kappa shape index (κ2) is 8.79. The van der Waals surface area contributed by atoms with E-state index in [1.807, 2.05) is 32.9 Å². The second-order valence-corrected chi connectivity index (χ2v) is 10.2. The summed E-state index contributed by atoms with van der Waals surface area (Å²) in [6.07, 6.45) is 7.25. The van der Waals surface area contributed by atoms with Crippen LogP contribution in [0, 0.1) is 10.6 Å². The molecule has 0 aliphatic heterocycles. The van der Waals surface area contributed by atoms with Crippen molar-refractivity contribution < 1.29 is 18.1 Å². The monoisotopic (exact) mass is 420 g/mol. The number of carbonyl (C=O) groups is 1. The van der Waals surface area contributed by atoms with Gasteiger partial charge in [0.1, 0.15) is 15.7 Å². The number of halogens is 1. The van der Waals surface area contributed by atoms with Gasteiger partial charge in [0, 0.05) is 0 Å². The highest BCUT2D eigenvalue weighted by atomic mass is 32.2. The van der Waals surface area contributed by atoms with Crippen molar-refractivity contribution in [2.75, 3.05) is 6.61 Å². The van der Waals surface area contributed by atoms with Crippen LogP contribution in [0.25, 0.3) is 0 Å². The van der Waals surface area contributed by atoms with Crippen molar-refractivity contribution in [3.8, 4) is 0 Å². The smallest absolute Gasteiger partial charge is 0.266 e. The Balaban J connectivity index is 1.70. The lowest BCUT2D eigenvalue weighted by Gasteiger charge is -2.14. The average molecular weight is 421 g/mol. The highest BCUT2D eigenvalue weighted by Gasteiger charge is 2.35. The van der Waals surface area contributed by atoms with Gasteiger partial charge < -0.3 is 4.74 Å². The first-order chi connectivity index (χ1) is 13.7. The fourth-order valence-corrected chi connectivity index (χ4v) is 4.36. The molecule has 1 unspecified atom stereocenters. The zero-order valence-electron chi connectivity index (χ0n) is 17.2. The lowest BCUT2D eigenvalue weighted by molar-refractivity contribution is 0.0978. The highest BCUT2D eigenvalue weighted by Crippen LogP contribution is 2.42. The van der Waals surface area contributed by atoms with Crippen LogP contribution in [0.1, 0.15) is 73.9 Å². The summed E-state index contributed by atoms with van der Waals surface area (Å²) in [7, 11) is -3.21. The molecule has 2 aliphatic rings. The molecule has 3 rings (SSSR count). The Labute approximate surface area is 172 Å². The van der Waals surface area contributed by atoms with E-state index < -0.39 is 21.6 Å². The summed E-state index contributed by atoms with van der Waals surface area (Å²) in [5.74, 6) is -1.15. The van der Waals surface area contributed by atoms with E-state index in [1.54, 1.807) is 6.07 Å². The Morgan fingerprint density at radius 2 is 1.97 bits per heavy atom. The quantitative estimate of drug-likeness (QED) is 0.436. The molecule has 5 nitrogen and oxygen atoms in total. The molecule has 2 fully saturated rings. The molecule has 2 aliphatic carbocycles. The van der Waals surface area contributed by atoms with E-state index in [-0.39, 0.29) is 17.4 Å². The summed E-state index contributed by atoms with van der Waals surface area (Å²) in [5.41, 5.74) is 3.93. The average Bonchev–Trinajstić information content (AvgIpc) is 3.53. The van der Waals surface area contributed by atoms with Gasteiger partial charge in [-0.2, -0.15) is 0 Å². The van der Waals surface area contributed by atoms with Gasteiger partial charge >= 0.3 is 0 Å². The third kappa shape index (κ3) is 5.76. The first kappa shape index (κ1) is 21.7. The number of ether oxygens (including phenoxy) is 1. The minimum absolute atomic E-state index is 0.143. The van der Waals surface area contributed by atoms with Crippen LogP contribution >= 0.6 is 0 Å². The first-order valence-corrected chi connectivity index (χ1v) is 11.6. The number of benzene rings is 1. The van der Waals surface area contributed by atoms with E-state index in [2.05, 4.69) is 4.72 Å². The number of hydrogen-bond acceptors (Lipinski definition) is 4. The minimum Gasteiger partial charge on any atom is -0.373 e. The molecule has 0 bridgehead atoms. The van der Waals surface area contributed by atoms with Gasteiger partial charge in [0.05, 0.1) is 24.0 Å². The Morgan fingerprint density at radius 1 is 1.28 bits per heavy atom. The van der Waals surface area contributed by atoms with Gasteiger partial charge in [-0.15, -0.1) is 0 Å². The molecule has 1 amide bonds. The number of rotatable bonds is 9. The van der Waals surface area contributed by atoms with Crippen molar-refractivity contribution in [3.05, 3.63) is 57.9 Å². The zero-order chi connectivity index (χ0) is 21.2. The largest absolute Gasteiger partial charge is 0.373 e. The van der Waals surface area contributed by atoms with Crippen LogP contribution in [0.5, 0.6) is 0 Å². The lowest BCUT2D eigenvalue weighted by atomic mass is 9.99. The van der Waals surface area contributed by atoms with Gasteiger partial charge in [-0.1, -0.05) is 23.3 Å². The molecule has 0 radical (unpaired) electrons. The van der Waals surface area contributed by atoms with E-state index in [0.717, 1.165) is 24.0 Å². The molecule has 0 aromatic heterocycles. The van der Waals surface area contributed by atoms with Crippen LogP contribution in [0.3, 0.4) is 0 Å². The molecule has 29 heavy (non-hydrogen) atoms. The summed E-state index contributed by atoms with van der Waals surface area (Å²) < 4.78 is 42.6. The van der Waals surface area contributed by atoms with Crippen molar-refractivity contribution in [2.24, 2.45) is 0 Å². The molecular weight excluding hydrogens is 391 g/mol. The number of allylic oxidation sites excluding steroid dienone is 3. The summed E-state index contributed by atoms with van der Waals surface area (Å²) in [4.78, 5) is 12.4. The molecule has 0 saturated heterocycles. The van der Waals surface area contributed by atoms with Crippen LogP contribution in [-0.2, 0) is 21.3 Å². The summed E-state index contributed by atoms with van der Waals surface area (Å²) >= 11 is 0. The van der Waals surface area contributed by atoms with Crippen molar-refractivity contribution >= 4 is 15.8 Å². The summed E-state index contributed by atoms with van der Waals surface area (Å²) in [6.45, 7) is 6.81. The Morgan fingerprint density at radius 3 is 2.55 bits per heavy atom. The Hall–Kier alpha value is -1.99. The number of hydrogen-bond donors (Lipinski definition) is 2. The predicted octanol–water partition coefficient (Wildman–Crippen LogP) is 4.99. The molecule has 7 heteroatoms. The normalized spacial score (nSPS) is 18.5. The zero-order valence-corrected chi connectivity index (χ0v) is 18.0. The number of carbonyl (C=O) groups excluding carboxylic acids is 1. The van der Waals surface area contributed by atoms with Gasteiger partial charge in [-0.05, 0) is 75.6 Å². The molecular formula is C22H29FN2O3S. The summed E-state index contributed by atoms with van der Waals surface area (Å²) in [5, 5.41) is -0.312. The van der Waals surface area contributed by atoms with Crippen molar-refractivity contribution in [1.82, 2.24) is 4.72 Å². The second-order valence-electron chi connectivity index (χ2n) is 8.14. The van der Waals surface area contributed by atoms with Gasteiger partial charge in [0.2, 0.25) is 0 Å². The van der Waals surface area contributed by atoms with Crippen LogP contribution in [-0.4, -0.2) is 22.0 Å². The topological polar surface area (TPSA) is 79.2 Å². The maximum atomic E-state index is 14.6. The van der Waals surface area contributed by atoms with Gasteiger partial charge in [0.25, 0.3) is 5.91 Å².